The second kappa shape index (κ2) is 12.2. The van der Waals surface area contributed by atoms with Crippen molar-refractivity contribution in [2.45, 2.75) is 38.4 Å². The van der Waals surface area contributed by atoms with Gasteiger partial charge in [-0.25, -0.2) is 14.8 Å². The van der Waals surface area contributed by atoms with Gasteiger partial charge in [0, 0.05) is 18.4 Å². The largest absolute Gasteiger partial charge is 0.480 e. The van der Waals surface area contributed by atoms with Crippen LogP contribution in [0.4, 0.5) is 0 Å². The van der Waals surface area contributed by atoms with Gasteiger partial charge >= 0.3 is 5.97 Å². The van der Waals surface area contributed by atoms with Crippen LogP contribution in [0.25, 0.3) is 33.3 Å². The lowest BCUT2D eigenvalue weighted by molar-refractivity contribution is -0.162. The van der Waals surface area contributed by atoms with Crippen LogP contribution < -0.4 is 4.74 Å². The minimum atomic E-state index is -0.462. The number of hydrogen-bond acceptors (Lipinski definition) is 7. The first kappa shape index (κ1) is 25.8. The Bertz CT molecular complexity index is 1380. The number of benzene rings is 2. The Morgan fingerprint density at radius 3 is 2.39 bits per heavy atom. The summed E-state index contributed by atoms with van der Waals surface area (Å²) in [4.78, 5) is 21.5. The fraction of sp³-hybridized carbons (Fsp3) is 0.323. The number of carbonyl (C=O) groups excluding carboxylic acids is 1. The summed E-state index contributed by atoms with van der Waals surface area (Å²) in [7, 11) is 2.88. The van der Waals surface area contributed by atoms with Gasteiger partial charge < -0.3 is 18.9 Å². The summed E-state index contributed by atoms with van der Waals surface area (Å²) in [6.07, 6.45) is 6.87. The van der Waals surface area contributed by atoms with Crippen LogP contribution in [-0.4, -0.2) is 49.7 Å². The van der Waals surface area contributed by atoms with Gasteiger partial charge in [0.05, 0.1) is 43.0 Å². The smallest absolute Gasteiger partial charge is 0.338 e. The van der Waals surface area contributed by atoms with Crippen molar-refractivity contribution in [3.05, 3.63) is 78.0 Å². The van der Waals surface area contributed by atoms with Crippen LogP contribution in [0.15, 0.2) is 66.9 Å². The van der Waals surface area contributed by atoms with Gasteiger partial charge in [-0.15, -0.1) is 0 Å². The highest BCUT2D eigenvalue weighted by atomic mass is 16.7. The molecule has 38 heavy (non-hydrogen) atoms. The molecule has 0 radical (unpaired) electrons. The second-order valence-corrected chi connectivity index (χ2v) is 9.31. The number of aromatic nitrogens is 2. The third kappa shape index (κ3) is 5.85. The molecule has 5 rings (SSSR count). The van der Waals surface area contributed by atoms with Crippen LogP contribution in [0.1, 0.15) is 41.6 Å². The molecule has 1 atom stereocenters. The van der Waals surface area contributed by atoms with E-state index in [1.807, 2.05) is 12.1 Å². The first-order chi connectivity index (χ1) is 18.7. The first-order valence-corrected chi connectivity index (χ1v) is 13.0. The first-order valence-electron chi connectivity index (χ1n) is 13.0. The van der Waals surface area contributed by atoms with E-state index in [1.165, 1.54) is 26.2 Å². The van der Waals surface area contributed by atoms with Crippen molar-refractivity contribution in [2.24, 2.45) is 0 Å². The molecule has 0 bridgehead atoms. The number of nitrogens with zero attached hydrogens (tertiary/aromatic N) is 2. The molecule has 1 unspecified atom stereocenters. The molecule has 1 aliphatic heterocycles. The van der Waals surface area contributed by atoms with Gasteiger partial charge in [-0.05, 0) is 60.9 Å². The van der Waals surface area contributed by atoms with E-state index < -0.39 is 5.97 Å². The van der Waals surface area contributed by atoms with Crippen molar-refractivity contribution < 1.29 is 23.7 Å². The van der Waals surface area contributed by atoms with Gasteiger partial charge in [0.2, 0.25) is 5.88 Å². The molecule has 3 heterocycles. The van der Waals surface area contributed by atoms with Crippen molar-refractivity contribution in [1.29, 1.82) is 0 Å². The maximum Gasteiger partial charge on any atom is 0.338 e. The van der Waals surface area contributed by atoms with Crippen molar-refractivity contribution >= 4 is 16.9 Å². The maximum atomic E-state index is 12.6. The Labute approximate surface area is 222 Å². The van der Waals surface area contributed by atoms with Crippen LogP contribution in [0.2, 0.25) is 0 Å². The fourth-order valence-electron chi connectivity index (χ4n) is 4.75. The fourth-order valence-corrected chi connectivity index (χ4v) is 4.75. The van der Waals surface area contributed by atoms with Crippen molar-refractivity contribution in [1.82, 2.24) is 9.97 Å². The molecule has 2 aromatic carbocycles. The monoisotopic (exact) mass is 512 g/mol. The van der Waals surface area contributed by atoms with E-state index in [2.05, 4.69) is 41.4 Å². The highest BCUT2D eigenvalue weighted by Gasteiger charge is 2.19. The zero-order chi connectivity index (χ0) is 26.3. The highest BCUT2D eigenvalue weighted by molar-refractivity contribution is 6.06. The molecular formula is C31H32N2O5. The van der Waals surface area contributed by atoms with Gasteiger partial charge in [-0.1, -0.05) is 48.5 Å². The predicted octanol–water partition coefficient (Wildman–Crippen LogP) is 6.23. The lowest BCUT2D eigenvalue weighted by Gasteiger charge is -2.22. The van der Waals surface area contributed by atoms with Gasteiger partial charge in [-0.2, -0.15) is 0 Å². The maximum absolute atomic E-state index is 12.6. The SMILES string of the molecule is COC(=O)c1cc(-c2ccc(-c3ccc(CCCOC4CCCCO4)cc3)cc2)nc2ccnc(OC)c12. The Hall–Kier alpha value is -3.81. The van der Waals surface area contributed by atoms with E-state index in [0.717, 1.165) is 55.6 Å². The average molecular weight is 513 g/mol. The van der Waals surface area contributed by atoms with Crippen LogP contribution in [-0.2, 0) is 20.6 Å². The minimum absolute atomic E-state index is 0.0224. The molecule has 1 fully saturated rings. The van der Waals surface area contributed by atoms with Gasteiger partial charge in [0.15, 0.2) is 6.29 Å². The van der Waals surface area contributed by atoms with E-state index in [0.29, 0.717) is 28.0 Å². The molecule has 7 heteroatoms. The second-order valence-electron chi connectivity index (χ2n) is 9.31. The number of carbonyl (C=O) groups is 1. The zero-order valence-corrected chi connectivity index (χ0v) is 21.8. The normalized spacial score (nSPS) is 15.4. The Morgan fingerprint density at radius 1 is 0.974 bits per heavy atom. The van der Waals surface area contributed by atoms with E-state index in [4.69, 9.17) is 23.9 Å². The van der Waals surface area contributed by atoms with Gasteiger partial charge in [0.1, 0.15) is 0 Å². The number of ether oxygens (including phenoxy) is 4. The number of rotatable bonds is 9. The molecule has 1 aliphatic rings. The Kier molecular flexibility index (Phi) is 8.26. The van der Waals surface area contributed by atoms with E-state index in [1.54, 1.807) is 18.3 Å². The third-order valence-electron chi connectivity index (χ3n) is 6.80. The molecule has 4 aromatic rings. The Morgan fingerprint density at radius 2 is 1.71 bits per heavy atom. The standard InChI is InChI=1S/C31H32N2O5/c1-35-30-29-25(31(34)36-2)20-27(33-26(29)16-17-32-30)24-14-12-23(13-15-24)22-10-8-21(9-11-22)6-5-19-38-28-7-3-4-18-37-28/h8-17,20,28H,3-7,18-19H2,1-2H3. The van der Waals surface area contributed by atoms with Crippen LogP contribution >= 0.6 is 0 Å². The lowest BCUT2D eigenvalue weighted by atomic mass is 9.99. The summed E-state index contributed by atoms with van der Waals surface area (Å²) < 4.78 is 21.9. The molecule has 0 spiro atoms. The topological polar surface area (TPSA) is 79.8 Å². The molecule has 0 saturated carbocycles. The number of methoxy groups -OCH3 is 2. The summed E-state index contributed by atoms with van der Waals surface area (Å²) in [5, 5.41) is 0.538. The van der Waals surface area contributed by atoms with Crippen LogP contribution in [0.3, 0.4) is 0 Å². The highest BCUT2D eigenvalue weighted by Crippen LogP contribution is 2.31. The molecule has 0 amide bonds. The average Bonchev–Trinajstić information content (AvgIpc) is 2.99. The van der Waals surface area contributed by atoms with Gasteiger partial charge in [-0.3, -0.25) is 0 Å². The third-order valence-corrected chi connectivity index (χ3v) is 6.80. The van der Waals surface area contributed by atoms with E-state index in [-0.39, 0.29) is 6.29 Å². The quantitative estimate of drug-likeness (QED) is 0.194. The molecule has 0 N–H and O–H groups in total. The number of hydrogen-bond donors (Lipinski definition) is 0. The van der Waals surface area contributed by atoms with Crippen LogP contribution in [0, 0.1) is 0 Å². The number of esters is 1. The summed E-state index contributed by atoms with van der Waals surface area (Å²) >= 11 is 0. The minimum Gasteiger partial charge on any atom is -0.480 e. The molecule has 7 nitrogen and oxygen atoms in total. The summed E-state index contributed by atoms with van der Waals surface area (Å²) in [6.45, 7) is 1.53. The van der Waals surface area contributed by atoms with E-state index in [9.17, 15) is 4.79 Å². The number of fused-ring (bicyclic) bond motifs is 1. The van der Waals surface area contributed by atoms with Crippen molar-refractivity contribution in [2.75, 3.05) is 27.4 Å². The number of pyridine rings is 2. The molecule has 0 aliphatic carbocycles. The number of aryl methyl sites for hydroxylation is 1. The van der Waals surface area contributed by atoms with Crippen molar-refractivity contribution in [3.8, 4) is 28.3 Å². The summed E-state index contributed by atoms with van der Waals surface area (Å²) in [5.41, 5.74) is 6.10. The van der Waals surface area contributed by atoms with Gasteiger partial charge in [0.25, 0.3) is 0 Å². The zero-order valence-electron chi connectivity index (χ0n) is 21.8. The molecule has 2 aromatic heterocycles. The predicted molar refractivity (Wildman–Crippen MR) is 146 cm³/mol. The van der Waals surface area contributed by atoms with E-state index >= 15 is 0 Å². The van der Waals surface area contributed by atoms with Crippen LogP contribution in [0.5, 0.6) is 5.88 Å². The van der Waals surface area contributed by atoms with Crippen molar-refractivity contribution in [3.63, 3.8) is 0 Å². The molecular weight excluding hydrogens is 480 g/mol. The molecule has 196 valence electrons. The summed E-state index contributed by atoms with van der Waals surface area (Å²) in [5.74, 6) is -0.123. The lowest BCUT2D eigenvalue weighted by Crippen LogP contribution is -2.22. The summed E-state index contributed by atoms with van der Waals surface area (Å²) in [6, 6.07) is 20.3. The molecule has 1 saturated heterocycles. The Balaban J connectivity index is 1.28.